The Hall–Kier alpha value is -3.22. The number of thiazole rings is 1. The summed E-state index contributed by atoms with van der Waals surface area (Å²) in [7, 11) is 1.75. The number of anilines is 1. The van der Waals surface area contributed by atoms with Crippen LogP contribution in [0.1, 0.15) is 50.9 Å². The molecule has 1 aliphatic rings. The maximum atomic E-state index is 12.9. The van der Waals surface area contributed by atoms with Crippen LogP contribution in [0.3, 0.4) is 0 Å². The maximum Gasteiger partial charge on any atom is 0.255 e. The van der Waals surface area contributed by atoms with Crippen LogP contribution >= 0.6 is 11.3 Å². The molecule has 0 aliphatic carbocycles. The highest BCUT2D eigenvalue weighted by atomic mass is 32.1. The summed E-state index contributed by atoms with van der Waals surface area (Å²) < 4.78 is 4.66. The van der Waals surface area contributed by atoms with E-state index in [9.17, 15) is 4.79 Å². The lowest BCUT2D eigenvalue weighted by molar-refractivity contribution is 0.100. The summed E-state index contributed by atoms with van der Waals surface area (Å²) in [5.74, 6) is 0.814. The Morgan fingerprint density at radius 3 is 2.71 bits per heavy atom. The average Bonchev–Trinajstić information content (AvgIpc) is 3.52. The summed E-state index contributed by atoms with van der Waals surface area (Å²) in [5.41, 5.74) is 5.59. The van der Waals surface area contributed by atoms with E-state index in [2.05, 4.69) is 59.8 Å². The lowest BCUT2D eigenvalue weighted by Crippen LogP contribution is -2.59. The van der Waals surface area contributed by atoms with Gasteiger partial charge in [0.25, 0.3) is 5.56 Å². The molecule has 4 heterocycles. The highest BCUT2D eigenvalue weighted by molar-refractivity contribution is 7.16. The number of piperazine rings is 1. The fourth-order valence-electron chi connectivity index (χ4n) is 5.35. The number of benzene rings is 1. The van der Waals surface area contributed by atoms with Gasteiger partial charge in [0.2, 0.25) is 0 Å². The fourth-order valence-corrected chi connectivity index (χ4v) is 6.00. The van der Waals surface area contributed by atoms with Gasteiger partial charge in [-0.2, -0.15) is 10.4 Å². The van der Waals surface area contributed by atoms with Gasteiger partial charge in [0, 0.05) is 50.4 Å². The minimum atomic E-state index is -0.0637. The van der Waals surface area contributed by atoms with Crippen molar-refractivity contribution in [3.63, 3.8) is 0 Å². The molecule has 3 aromatic heterocycles. The molecule has 182 valence electrons. The van der Waals surface area contributed by atoms with E-state index < -0.39 is 0 Å². The van der Waals surface area contributed by atoms with Gasteiger partial charge in [0.1, 0.15) is 11.5 Å². The summed E-state index contributed by atoms with van der Waals surface area (Å²) in [6, 6.07) is 13.2. The Kier molecular flexibility index (Phi) is 6.34. The van der Waals surface area contributed by atoms with Crippen molar-refractivity contribution in [2.75, 3.05) is 18.0 Å². The molecule has 4 aromatic rings. The van der Waals surface area contributed by atoms with Crippen LogP contribution in [0.5, 0.6) is 0 Å². The topological polar surface area (TPSA) is 82.5 Å². The summed E-state index contributed by atoms with van der Waals surface area (Å²) in [4.78, 5) is 22.4. The molecule has 1 aliphatic heterocycles. The number of nitrogens with zero attached hydrogens (tertiary/aromatic N) is 7. The van der Waals surface area contributed by atoms with Crippen molar-refractivity contribution in [3.05, 3.63) is 57.5 Å². The summed E-state index contributed by atoms with van der Waals surface area (Å²) in [6.45, 7) is 8.44. The Morgan fingerprint density at radius 2 is 1.97 bits per heavy atom. The molecule has 35 heavy (non-hydrogen) atoms. The van der Waals surface area contributed by atoms with Gasteiger partial charge in [-0.05, 0) is 37.5 Å². The minimum Gasteiger partial charge on any atom is -0.351 e. The molecule has 1 saturated heterocycles. The second kappa shape index (κ2) is 9.44. The molecule has 1 aromatic carbocycles. The number of hydrogen-bond donors (Lipinski definition) is 0. The van der Waals surface area contributed by atoms with E-state index in [1.54, 1.807) is 29.0 Å². The Labute approximate surface area is 209 Å². The molecule has 8 nitrogen and oxygen atoms in total. The molecule has 0 radical (unpaired) electrons. The number of fused-ring (bicyclic) bond motifs is 2. The normalized spacial score (nSPS) is 19.9. The zero-order valence-corrected chi connectivity index (χ0v) is 21.5. The molecular formula is C26H31N7OS. The van der Waals surface area contributed by atoms with Crippen LogP contribution in [-0.2, 0) is 13.5 Å². The van der Waals surface area contributed by atoms with E-state index in [4.69, 9.17) is 10.4 Å². The first kappa shape index (κ1) is 23.5. The summed E-state index contributed by atoms with van der Waals surface area (Å²) >= 11 is 1.67. The highest BCUT2D eigenvalue weighted by Gasteiger charge is 2.36. The van der Waals surface area contributed by atoms with Gasteiger partial charge in [-0.1, -0.05) is 19.9 Å². The molecule has 0 spiro atoms. The van der Waals surface area contributed by atoms with Gasteiger partial charge in [0.15, 0.2) is 0 Å². The molecule has 5 rings (SSSR count). The van der Waals surface area contributed by atoms with E-state index in [0.717, 1.165) is 37.3 Å². The highest BCUT2D eigenvalue weighted by Crippen LogP contribution is 2.33. The van der Waals surface area contributed by atoms with Gasteiger partial charge >= 0.3 is 0 Å². The van der Waals surface area contributed by atoms with Gasteiger partial charge in [-0.15, -0.1) is 11.3 Å². The molecular weight excluding hydrogens is 458 g/mol. The standard InChI is InChI=1S/C26H31N7OS/c1-5-20-15-32(25-13-26(34)30(4)24-12-19(9-10-27)29-33(24)25)21(6-2)14-31(20)17(3)18-7-8-23-22(11-18)28-16-35-23/h7-8,11-13,16-17,20-21H,5-6,9,14-15H2,1-4H3/t17-,20-,21+/m1/s1. The summed E-state index contributed by atoms with van der Waals surface area (Å²) in [5, 5.41) is 13.9. The Balaban J connectivity index is 1.51. The largest absolute Gasteiger partial charge is 0.351 e. The zero-order valence-electron chi connectivity index (χ0n) is 20.7. The molecule has 9 heteroatoms. The minimum absolute atomic E-state index is 0.0637. The first-order valence-electron chi connectivity index (χ1n) is 12.3. The van der Waals surface area contributed by atoms with Crippen molar-refractivity contribution in [2.45, 2.75) is 58.2 Å². The Bertz CT molecular complexity index is 1460. The van der Waals surface area contributed by atoms with E-state index >= 15 is 0 Å². The number of aromatic nitrogens is 4. The van der Waals surface area contributed by atoms with Gasteiger partial charge in [-0.3, -0.25) is 14.3 Å². The SMILES string of the molecule is CC[C@H]1CN([C@H](C)c2ccc3scnc3c2)[C@H](CC)CN1c1cc(=O)n(C)c2cc(CC#N)nn12. The van der Waals surface area contributed by atoms with Crippen molar-refractivity contribution in [3.8, 4) is 6.07 Å². The van der Waals surface area contributed by atoms with Crippen LogP contribution in [0.4, 0.5) is 5.82 Å². The van der Waals surface area contributed by atoms with Crippen molar-refractivity contribution in [1.29, 1.82) is 5.26 Å². The van der Waals surface area contributed by atoms with Crippen molar-refractivity contribution in [2.24, 2.45) is 7.05 Å². The van der Waals surface area contributed by atoms with Crippen LogP contribution in [-0.4, -0.2) is 49.2 Å². The zero-order chi connectivity index (χ0) is 24.7. The second-order valence-electron chi connectivity index (χ2n) is 9.37. The molecule has 0 amide bonds. The number of rotatable bonds is 6. The van der Waals surface area contributed by atoms with Gasteiger partial charge < -0.3 is 4.90 Å². The van der Waals surface area contributed by atoms with E-state index in [1.165, 1.54) is 10.3 Å². The molecule has 3 atom stereocenters. The molecule has 0 unspecified atom stereocenters. The predicted octanol–water partition coefficient (Wildman–Crippen LogP) is 4.15. The second-order valence-corrected chi connectivity index (χ2v) is 10.3. The van der Waals surface area contributed by atoms with Gasteiger partial charge in [0.05, 0.1) is 33.9 Å². The maximum absolute atomic E-state index is 12.9. The third-order valence-corrected chi connectivity index (χ3v) is 8.27. The quantitative estimate of drug-likeness (QED) is 0.405. The van der Waals surface area contributed by atoms with Crippen LogP contribution in [0.2, 0.25) is 0 Å². The van der Waals surface area contributed by atoms with Crippen molar-refractivity contribution in [1.82, 2.24) is 24.1 Å². The van der Waals surface area contributed by atoms with E-state index in [0.29, 0.717) is 17.4 Å². The molecule has 0 bridgehead atoms. The molecule has 1 fully saturated rings. The smallest absolute Gasteiger partial charge is 0.255 e. The van der Waals surface area contributed by atoms with Crippen molar-refractivity contribution >= 4 is 33.0 Å². The van der Waals surface area contributed by atoms with Crippen LogP contribution < -0.4 is 10.5 Å². The number of aryl methyl sites for hydroxylation is 1. The summed E-state index contributed by atoms with van der Waals surface area (Å²) in [6.07, 6.45) is 2.18. The van der Waals surface area contributed by atoms with E-state index in [-0.39, 0.29) is 24.1 Å². The number of nitriles is 1. The van der Waals surface area contributed by atoms with Crippen LogP contribution in [0, 0.1) is 11.3 Å². The van der Waals surface area contributed by atoms with Crippen LogP contribution in [0.15, 0.2) is 40.6 Å². The third kappa shape index (κ3) is 4.11. The fraction of sp³-hybridized carbons (Fsp3) is 0.462. The lowest BCUT2D eigenvalue weighted by atomic mass is 9.97. The number of hydrogen-bond acceptors (Lipinski definition) is 7. The molecule has 0 N–H and O–H groups in total. The van der Waals surface area contributed by atoms with E-state index in [1.807, 2.05) is 16.1 Å². The Morgan fingerprint density at radius 1 is 1.17 bits per heavy atom. The lowest BCUT2D eigenvalue weighted by Gasteiger charge is -2.49. The average molecular weight is 490 g/mol. The van der Waals surface area contributed by atoms with Crippen LogP contribution in [0.25, 0.3) is 15.9 Å². The van der Waals surface area contributed by atoms with Crippen molar-refractivity contribution < 1.29 is 0 Å². The first-order chi connectivity index (χ1) is 16.9. The van der Waals surface area contributed by atoms with Gasteiger partial charge in [-0.25, -0.2) is 9.50 Å². The third-order valence-electron chi connectivity index (χ3n) is 7.46. The monoisotopic (exact) mass is 489 g/mol. The first-order valence-corrected chi connectivity index (χ1v) is 13.1. The predicted molar refractivity (Wildman–Crippen MR) is 140 cm³/mol. The molecule has 0 saturated carbocycles.